The van der Waals surface area contributed by atoms with Gasteiger partial charge in [0.15, 0.2) is 11.5 Å². The smallest absolute Gasteiger partial charge is 0.325 e. The van der Waals surface area contributed by atoms with Gasteiger partial charge >= 0.3 is 5.97 Å². The topological polar surface area (TPSA) is 113 Å². The molecule has 0 aliphatic rings. The Bertz CT molecular complexity index is 435. The first kappa shape index (κ1) is 10.7. The highest BCUT2D eigenvalue weighted by Crippen LogP contribution is 2.28. The van der Waals surface area contributed by atoms with Crippen LogP contribution < -0.4 is 5.73 Å². The molecule has 0 heterocycles. The number of esters is 1. The fraction of sp³-hybridized carbons (Fsp3) is 0.300. The largest absolute Gasteiger partial charge is 0.504 e. The number of nitrogens with two attached hydrogens (primary N) is 1. The van der Waals surface area contributed by atoms with Gasteiger partial charge in [0.2, 0.25) is 0 Å². The summed E-state index contributed by atoms with van der Waals surface area (Å²) in [5.74, 6) is -1.98. The predicted octanol–water partition coefficient (Wildman–Crippen LogP) is -0.369. The fourth-order valence-electron chi connectivity index (χ4n) is 1.12. The van der Waals surface area contributed by atoms with Crippen molar-refractivity contribution in [3.05, 3.63) is 23.8 Å². The van der Waals surface area contributed by atoms with E-state index in [0.29, 0.717) is 0 Å². The number of ether oxygens (including phenoxy) is 1. The third-order valence-corrected chi connectivity index (χ3v) is 2.03. The number of carbonyl (C=O) groups excluding carboxylic acids is 1. The minimum absolute atomic E-state index is 0.0169. The lowest BCUT2D eigenvalue weighted by Crippen LogP contribution is -2.37. The lowest BCUT2D eigenvalue weighted by atomic mass is 10.0. The van der Waals surface area contributed by atoms with Gasteiger partial charge in [0, 0.05) is 0 Å². The van der Waals surface area contributed by atoms with Gasteiger partial charge in [-0.05, 0) is 17.7 Å². The zero-order valence-electron chi connectivity index (χ0n) is 9.54. The van der Waals surface area contributed by atoms with E-state index in [9.17, 15) is 15.0 Å². The normalized spacial score (nSPS) is 17.1. The number of benzene rings is 1. The molecule has 0 radical (unpaired) electrons. The van der Waals surface area contributed by atoms with E-state index in [1.807, 2.05) is 0 Å². The predicted molar refractivity (Wildman–Crippen MR) is 54.7 cm³/mol. The van der Waals surface area contributed by atoms with E-state index in [4.69, 9.17) is 12.2 Å². The molecule has 1 aromatic rings. The van der Waals surface area contributed by atoms with E-state index in [-0.39, 0.29) is 11.3 Å². The average Bonchev–Trinajstić information content (AvgIpc) is 2.30. The molecule has 16 heavy (non-hydrogen) atoms. The maximum atomic E-state index is 11.2. The lowest BCUT2D eigenvalue weighted by molar-refractivity contribution is -0.145. The Hall–Kier alpha value is -1.79. The highest BCUT2D eigenvalue weighted by atomic mass is 16.5. The molecular weight excluding hydrogens is 214 g/mol. The molecule has 0 saturated carbocycles. The molecule has 0 saturated heterocycles. The van der Waals surface area contributed by atoms with Crippen LogP contribution in [-0.4, -0.2) is 34.4 Å². The van der Waals surface area contributed by atoms with Crippen LogP contribution in [0.2, 0.25) is 0 Å². The first-order valence-corrected chi connectivity index (χ1v) is 4.38. The molecule has 0 fully saturated rings. The fourth-order valence-corrected chi connectivity index (χ4v) is 1.12. The van der Waals surface area contributed by atoms with Gasteiger partial charge in [-0.1, -0.05) is 6.07 Å². The standard InChI is InChI=1S/C10H13NO5/c1-16-10(15)8(11)9(14)5-2-3-6(12)7(13)4-5/h2-4,8-9,12-14H,11H2,1H3/i8D. The van der Waals surface area contributed by atoms with Crippen LogP contribution >= 0.6 is 0 Å². The van der Waals surface area contributed by atoms with Crippen molar-refractivity contribution in [2.75, 3.05) is 7.11 Å². The van der Waals surface area contributed by atoms with Crippen LogP contribution in [0.5, 0.6) is 11.5 Å². The molecule has 88 valence electrons. The third kappa shape index (κ3) is 2.41. The summed E-state index contributed by atoms with van der Waals surface area (Å²) in [6.45, 7) is 0. The van der Waals surface area contributed by atoms with Crippen LogP contribution in [0.3, 0.4) is 0 Å². The molecule has 0 amide bonds. The van der Waals surface area contributed by atoms with Gasteiger partial charge in [0.1, 0.15) is 12.1 Å². The summed E-state index contributed by atoms with van der Waals surface area (Å²) >= 11 is 0. The van der Waals surface area contributed by atoms with Crippen molar-refractivity contribution in [1.82, 2.24) is 0 Å². The Morgan fingerprint density at radius 2 is 2.12 bits per heavy atom. The minimum Gasteiger partial charge on any atom is -0.504 e. The van der Waals surface area contributed by atoms with Crippen molar-refractivity contribution >= 4 is 5.97 Å². The summed E-state index contributed by atoms with van der Waals surface area (Å²) in [4.78, 5) is 11.2. The van der Waals surface area contributed by atoms with Crippen molar-refractivity contribution in [2.45, 2.75) is 12.1 Å². The third-order valence-electron chi connectivity index (χ3n) is 2.03. The molecule has 6 heteroatoms. The SMILES string of the molecule is [2H]C(N)(C(=O)OC)C(O)c1ccc(O)c(O)c1. The molecule has 0 bridgehead atoms. The van der Waals surface area contributed by atoms with Crippen molar-refractivity contribution in [1.29, 1.82) is 0 Å². The monoisotopic (exact) mass is 228 g/mol. The number of phenols is 2. The summed E-state index contributed by atoms with van der Waals surface area (Å²) in [5.41, 5.74) is 5.35. The van der Waals surface area contributed by atoms with Crippen LogP contribution in [0.25, 0.3) is 0 Å². The van der Waals surface area contributed by atoms with Gasteiger partial charge in [-0.2, -0.15) is 0 Å². The Kier molecular flexibility index (Phi) is 3.23. The number of aliphatic hydroxyl groups is 1. The summed E-state index contributed by atoms with van der Waals surface area (Å²) in [5, 5.41) is 28.1. The first-order chi connectivity index (χ1) is 7.80. The molecule has 1 rings (SSSR count). The van der Waals surface area contributed by atoms with E-state index in [0.717, 1.165) is 19.2 Å². The maximum absolute atomic E-state index is 11.2. The van der Waals surface area contributed by atoms with Gasteiger partial charge in [-0.3, -0.25) is 4.79 Å². The van der Waals surface area contributed by atoms with E-state index < -0.39 is 23.8 Å². The Morgan fingerprint density at radius 1 is 1.50 bits per heavy atom. The van der Waals surface area contributed by atoms with Crippen LogP contribution in [0.4, 0.5) is 0 Å². The first-order valence-electron chi connectivity index (χ1n) is 4.88. The maximum Gasteiger partial charge on any atom is 0.325 e. The lowest BCUT2D eigenvalue weighted by Gasteiger charge is -2.17. The Balaban J connectivity index is 3.07. The number of methoxy groups -OCH3 is 1. The molecule has 2 atom stereocenters. The quantitative estimate of drug-likeness (QED) is 0.415. The summed E-state index contributed by atoms with van der Waals surface area (Å²) in [7, 11) is 1.04. The molecular formula is C10H13NO5. The summed E-state index contributed by atoms with van der Waals surface area (Å²) in [6, 6.07) is 0.970. The van der Waals surface area contributed by atoms with E-state index in [1.54, 1.807) is 0 Å². The van der Waals surface area contributed by atoms with Crippen molar-refractivity contribution < 1.29 is 26.2 Å². The van der Waals surface area contributed by atoms with E-state index in [2.05, 4.69) is 4.74 Å². The van der Waals surface area contributed by atoms with Gasteiger partial charge in [-0.25, -0.2) is 0 Å². The van der Waals surface area contributed by atoms with Gasteiger partial charge in [0.25, 0.3) is 0 Å². The number of phenolic OH excluding ortho intramolecular Hbond substituents is 2. The van der Waals surface area contributed by atoms with Crippen LogP contribution in [0.15, 0.2) is 18.2 Å². The van der Waals surface area contributed by atoms with E-state index >= 15 is 0 Å². The second-order valence-corrected chi connectivity index (χ2v) is 3.10. The molecule has 2 unspecified atom stereocenters. The average molecular weight is 228 g/mol. The highest BCUT2D eigenvalue weighted by Gasteiger charge is 2.25. The van der Waals surface area contributed by atoms with Crippen molar-refractivity contribution in [2.24, 2.45) is 5.73 Å². The zero-order valence-corrected chi connectivity index (χ0v) is 8.54. The van der Waals surface area contributed by atoms with Gasteiger partial charge < -0.3 is 25.8 Å². The minimum atomic E-state index is -2.39. The van der Waals surface area contributed by atoms with Crippen molar-refractivity contribution in [3.8, 4) is 11.5 Å². The van der Waals surface area contributed by atoms with E-state index in [1.165, 1.54) is 6.07 Å². The number of rotatable bonds is 3. The van der Waals surface area contributed by atoms with Crippen LogP contribution in [0, 0.1) is 0 Å². The van der Waals surface area contributed by atoms with Crippen LogP contribution in [-0.2, 0) is 9.53 Å². The molecule has 1 aromatic carbocycles. The summed E-state index contributed by atoms with van der Waals surface area (Å²) in [6.07, 6.45) is -1.69. The molecule has 0 aliphatic carbocycles. The Morgan fingerprint density at radius 3 is 2.62 bits per heavy atom. The Labute approximate surface area is 93.3 Å². The number of hydrogen-bond donors (Lipinski definition) is 4. The second-order valence-electron chi connectivity index (χ2n) is 3.10. The zero-order chi connectivity index (χ0) is 13.2. The molecule has 5 N–H and O–H groups in total. The molecule has 6 nitrogen and oxygen atoms in total. The number of hydrogen-bond acceptors (Lipinski definition) is 6. The van der Waals surface area contributed by atoms with Crippen LogP contribution in [0.1, 0.15) is 13.0 Å². The molecule has 0 aliphatic heterocycles. The van der Waals surface area contributed by atoms with Crippen molar-refractivity contribution in [3.63, 3.8) is 0 Å². The second kappa shape index (κ2) is 4.82. The van der Waals surface area contributed by atoms with Gasteiger partial charge in [-0.15, -0.1) is 0 Å². The summed E-state index contributed by atoms with van der Waals surface area (Å²) < 4.78 is 11.8. The number of aromatic hydroxyl groups is 2. The number of carbonyl (C=O) groups is 1. The molecule has 0 aromatic heterocycles. The molecule has 0 spiro atoms. The highest BCUT2D eigenvalue weighted by molar-refractivity contribution is 5.76. The number of aliphatic hydroxyl groups excluding tert-OH is 1. The van der Waals surface area contributed by atoms with Gasteiger partial charge in [0.05, 0.1) is 8.48 Å².